The normalized spacial score (nSPS) is 14.1. The van der Waals surface area contributed by atoms with Gasteiger partial charge in [0.1, 0.15) is 0 Å². The maximum absolute atomic E-state index is 9.71. The summed E-state index contributed by atoms with van der Waals surface area (Å²) in [6.45, 7) is -0.987. The molecular formula is C2H6KO5S. The quantitative estimate of drug-likeness (QED) is 0.332. The van der Waals surface area contributed by atoms with Crippen LogP contribution in [0, 0.1) is 0 Å². The summed E-state index contributed by atoms with van der Waals surface area (Å²) in [4.78, 5) is 0. The van der Waals surface area contributed by atoms with E-state index in [4.69, 9.17) is 14.8 Å². The molecule has 0 fully saturated rings. The molecule has 0 aliphatic rings. The summed E-state index contributed by atoms with van der Waals surface area (Å²) >= 11 is 0. The summed E-state index contributed by atoms with van der Waals surface area (Å²) in [5, 5.41) is 16.0. The fraction of sp³-hybridized carbons (Fsp3) is 1.00. The van der Waals surface area contributed by atoms with E-state index in [2.05, 4.69) is 0 Å². The molecule has 0 aromatic rings. The van der Waals surface area contributed by atoms with Crippen molar-refractivity contribution in [2.24, 2.45) is 0 Å². The van der Waals surface area contributed by atoms with E-state index >= 15 is 0 Å². The number of hydrogen-bond acceptors (Lipinski definition) is 4. The summed E-state index contributed by atoms with van der Waals surface area (Å²) in [5.41, 5.74) is -2.07. The molecule has 1 unspecified atom stereocenters. The van der Waals surface area contributed by atoms with Gasteiger partial charge in [-0.3, -0.25) is 4.55 Å². The van der Waals surface area contributed by atoms with Crippen LogP contribution in [-0.2, 0) is 10.1 Å². The topological polar surface area (TPSA) is 94.8 Å². The maximum Gasteiger partial charge on any atom is 0.294 e. The summed E-state index contributed by atoms with van der Waals surface area (Å²) in [6, 6.07) is 0. The Labute approximate surface area is 95.2 Å². The van der Waals surface area contributed by atoms with E-state index in [-0.39, 0.29) is 51.4 Å². The van der Waals surface area contributed by atoms with Crippen LogP contribution in [0.15, 0.2) is 0 Å². The second-order valence-electron chi connectivity index (χ2n) is 1.15. The molecule has 0 bridgehead atoms. The van der Waals surface area contributed by atoms with Crippen molar-refractivity contribution < 1.29 is 23.2 Å². The van der Waals surface area contributed by atoms with Gasteiger partial charge in [-0.2, -0.15) is 8.42 Å². The zero-order chi connectivity index (χ0) is 6.78. The summed E-state index contributed by atoms with van der Waals surface area (Å²) in [6.07, 6.45) is 0. The summed E-state index contributed by atoms with van der Waals surface area (Å²) < 4.78 is 27.3. The van der Waals surface area contributed by atoms with Crippen molar-refractivity contribution in [3.63, 3.8) is 0 Å². The van der Waals surface area contributed by atoms with Crippen molar-refractivity contribution >= 4 is 61.5 Å². The molecule has 0 saturated carbocycles. The zero-order valence-corrected chi connectivity index (χ0v) is 8.79. The van der Waals surface area contributed by atoms with Gasteiger partial charge < -0.3 is 10.2 Å². The Morgan fingerprint density at radius 3 is 1.78 bits per heavy atom. The zero-order valence-electron chi connectivity index (χ0n) is 4.85. The smallest absolute Gasteiger partial charge is 0.294 e. The summed E-state index contributed by atoms with van der Waals surface area (Å²) in [7, 11) is -4.45. The molecule has 0 rings (SSSR count). The first-order valence-electron chi connectivity index (χ1n) is 1.73. The fourth-order valence-electron chi connectivity index (χ4n) is 0.0942. The largest absolute Gasteiger partial charge is 0.392 e. The van der Waals surface area contributed by atoms with E-state index in [1.54, 1.807) is 0 Å². The molecule has 0 aliphatic carbocycles. The van der Waals surface area contributed by atoms with Gasteiger partial charge in [0.15, 0.2) is 0 Å². The monoisotopic (exact) mass is 181 g/mol. The van der Waals surface area contributed by atoms with Gasteiger partial charge in [0.25, 0.3) is 10.1 Å². The Balaban J connectivity index is 0. The van der Waals surface area contributed by atoms with E-state index < -0.39 is 22.2 Å². The minimum absolute atomic E-state index is 0. The molecule has 9 heavy (non-hydrogen) atoms. The molecule has 3 N–H and O–H groups in total. The second-order valence-corrected chi connectivity index (χ2v) is 2.73. The molecule has 0 saturated heterocycles. The Morgan fingerprint density at radius 2 is 1.78 bits per heavy atom. The van der Waals surface area contributed by atoms with Crippen molar-refractivity contribution in [1.29, 1.82) is 0 Å². The number of rotatable bonds is 2. The maximum atomic E-state index is 9.71. The van der Waals surface area contributed by atoms with Crippen LogP contribution in [-0.4, -0.2) is 86.6 Å². The fourth-order valence-corrected chi connectivity index (χ4v) is 0.283. The molecule has 51 valence electrons. The average Bonchev–Trinajstić information content (AvgIpc) is 1.62. The van der Waals surface area contributed by atoms with Gasteiger partial charge in [0.2, 0.25) is 5.44 Å². The summed E-state index contributed by atoms with van der Waals surface area (Å²) in [5.74, 6) is 0. The van der Waals surface area contributed by atoms with Gasteiger partial charge in [0, 0.05) is 51.4 Å². The van der Waals surface area contributed by atoms with Gasteiger partial charge in [-0.05, 0) is 0 Å². The van der Waals surface area contributed by atoms with Gasteiger partial charge in [-0.15, -0.1) is 0 Å². The van der Waals surface area contributed by atoms with Crippen LogP contribution in [0.5, 0.6) is 0 Å². The first-order chi connectivity index (χ1) is 3.48. The molecule has 0 spiro atoms. The SMILES string of the molecule is O=S(=O)(O)C(O)CO.[K]. The second kappa shape index (κ2) is 5.16. The predicted octanol–water partition coefficient (Wildman–Crippen LogP) is -2.20. The van der Waals surface area contributed by atoms with E-state index in [1.807, 2.05) is 0 Å². The third-order valence-electron chi connectivity index (χ3n) is 0.500. The van der Waals surface area contributed by atoms with Crippen LogP contribution in [0.3, 0.4) is 0 Å². The molecule has 0 aliphatic heterocycles. The van der Waals surface area contributed by atoms with Gasteiger partial charge in [-0.25, -0.2) is 0 Å². The van der Waals surface area contributed by atoms with E-state index in [0.717, 1.165) is 0 Å². The van der Waals surface area contributed by atoms with Gasteiger partial charge >= 0.3 is 0 Å². The Morgan fingerprint density at radius 1 is 1.44 bits per heavy atom. The molecular weight excluding hydrogens is 175 g/mol. The molecule has 0 amide bonds. The minimum atomic E-state index is -4.45. The molecule has 1 radical (unpaired) electrons. The van der Waals surface area contributed by atoms with E-state index in [0.29, 0.717) is 0 Å². The van der Waals surface area contributed by atoms with Crippen LogP contribution in [0.4, 0.5) is 0 Å². The van der Waals surface area contributed by atoms with Crippen LogP contribution in [0.1, 0.15) is 0 Å². The van der Waals surface area contributed by atoms with Gasteiger partial charge in [-0.1, -0.05) is 0 Å². The Kier molecular flexibility index (Phi) is 7.50. The first-order valence-corrected chi connectivity index (χ1v) is 3.24. The Hall–Kier alpha value is 1.47. The van der Waals surface area contributed by atoms with Crippen LogP contribution in [0.25, 0.3) is 0 Å². The number of aliphatic hydroxyl groups excluding tert-OH is 2. The van der Waals surface area contributed by atoms with E-state index in [9.17, 15) is 8.42 Å². The van der Waals surface area contributed by atoms with Crippen molar-refractivity contribution in [3.8, 4) is 0 Å². The number of hydrogen-bond donors (Lipinski definition) is 3. The average molecular weight is 181 g/mol. The van der Waals surface area contributed by atoms with Gasteiger partial charge in [0.05, 0.1) is 6.61 Å². The first kappa shape index (κ1) is 13.1. The standard InChI is InChI=1S/C2H6O5S.K/c3-1-2(4)8(5,6)7;/h2-4H,1H2,(H,5,6,7);. The molecule has 0 aromatic carbocycles. The molecule has 5 nitrogen and oxygen atoms in total. The predicted molar refractivity (Wildman–Crippen MR) is 30.4 cm³/mol. The minimum Gasteiger partial charge on any atom is -0.392 e. The van der Waals surface area contributed by atoms with Crippen molar-refractivity contribution in [1.82, 2.24) is 0 Å². The Bertz CT molecular complexity index is 150. The molecule has 1 atom stereocenters. The van der Waals surface area contributed by atoms with Crippen LogP contribution >= 0.6 is 0 Å². The van der Waals surface area contributed by atoms with E-state index in [1.165, 1.54) is 0 Å². The third kappa shape index (κ3) is 5.89. The van der Waals surface area contributed by atoms with Crippen molar-refractivity contribution in [2.75, 3.05) is 6.61 Å². The molecule has 7 heteroatoms. The third-order valence-corrected chi connectivity index (χ3v) is 1.34. The molecule has 0 aromatic heterocycles. The van der Waals surface area contributed by atoms with Crippen molar-refractivity contribution in [2.45, 2.75) is 5.44 Å². The van der Waals surface area contributed by atoms with Crippen molar-refractivity contribution in [3.05, 3.63) is 0 Å². The molecule has 0 heterocycles. The number of aliphatic hydroxyl groups is 2. The van der Waals surface area contributed by atoms with Crippen LogP contribution < -0.4 is 0 Å². The van der Waals surface area contributed by atoms with Crippen LogP contribution in [0.2, 0.25) is 0 Å².